The van der Waals surface area contributed by atoms with Crippen molar-refractivity contribution in [3.63, 3.8) is 0 Å². The van der Waals surface area contributed by atoms with Crippen LogP contribution in [0.1, 0.15) is 342 Å². The number of esters is 3. The number of ether oxygens (including phenoxy) is 3. The molecular formula is C65H120O6. The highest BCUT2D eigenvalue weighted by molar-refractivity contribution is 5.71. The van der Waals surface area contributed by atoms with Gasteiger partial charge in [-0.1, -0.05) is 282 Å². The maximum atomic E-state index is 12.9. The molecule has 6 heteroatoms. The summed E-state index contributed by atoms with van der Waals surface area (Å²) < 4.78 is 16.9. The van der Waals surface area contributed by atoms with Gasteiger partial charge in [0.25, 0.3) is 0 Å². The summed E-state index contributed by atoms with van der Waals surface area (Å²) in [6, 6.07) is 0. The number of hydrogen-bond acceptors (Lipinski definition) is 6. The van der Waals surface area contributed by atoms with E-state index in [0.717, 1.165) is 64.2 Å². The molecule has 71 heavy (non-hydrogen) atoms. The molecule has 0 saturated carbocycles. The Morgan fingerprint density at radius 2 is 0.507 bits per heavy atom. The van der Waals surface area contributed by atoms with Crippen LogP contribution in [0.15, 0.2) is 36.5 Å². The molecular weight excluding hydrogens is 877 g/mol. The minimum Gasteiger partial charge on any atom is -0.462 e. The summed E-state index contributed by atoms with van der Waals surface area (Å²) in [5.41, 5.74) is 0. The molecule has 0 aromatic carbocycles. The molecule has 0 aromatic rings. The summed E-state index contributed by atoms with van der Waals surface area (Å²) in [7, 11) is 0. The Kier molecular flexibility index (Phi) is 58.2. The molecule has 0 amide bonds. The second kappa shape index (κ2) is 60.2. The lowest BCUT2D eigenvalue weighted by Crippen LogP contribution is -2.30. The zero-order chi connectivity index (χ0) is 51.4. The summed E-state index contributed by atoms with van der Waals surface area (Å²) in [6.07, 6.45) is 72.8. The number of hydrogen-bond donors (Lipinski definition) is 0. The van der Waals surface area contributed by atoms with Gasteiger partial charge in [-0.05, 0) is 77.0 Å². The average Bonchev–Trinajstić information content (AvgIpc) is 3.37. The lowest BCUT2D eigenvalue weighted by atomic mass is 10.0. The first-order chi connectivity index (χ1) is 35.0. The molecule has 0 rings (SSSR count). The molecule has 0 aliphatic rings. The molecule has 0 aliphatic carbocycles. The molecule has 0 fully saturated rings. The van der Waals surface area contributed by atoms with Crippen LogP contribution in [-0.4, -0.2) is 37.2 Å². The summed E-state index contributed by atoms with van der Waals surface area (Å²) in [4.78, 5) is 38.3. The van der Waals surface area contributed by atoms with Gasteiger partial charge in [-0.2, -0.15) is 0 Å². The zero-order valence-corrected chi connectivity index (χ0v) is 47.8. The fourth-order valence-electron chi connectivity index (χ4n) is 9.35. The molecule has 0 saturated heterocycles. The van der Waals surface area contributed by atoms with E-state index in [0.29, 0.717) is 19.3 Å². The molecule has 6 nitrogen and oxygen atoms in total. The van der Waals surface area contributed by atoms with Crippen LogP contribution in [0.5, 0.6) is 0 Å². The van der Waals surface area contributed by atoms with Crippen LogP contribution >= 0.6 is 0 Å². The summed E-state index contributed by atoms with van der Waals surface area (Å²) in [5.74, 6) is -0.856. The Labute approximate surface area is 442 Å². The first kappa shape index (κ1) is 68.6. The minimum atomic E-state index is -0.774. The predicted octanol–water partition coefficient (Wildman–Crippen LogP) is 21.2. The van der Waals surface area contributed by atoms with Crippen molar-refractivity contribution >= 4 is 17.9 Å². The van der Waals surface area contributed by atoms with Crippen molar-refractivity contribution in [1.29, 1.82) is 0 Å². The summed E-state index contributed by atoms with van der Waals surface area (Å²) >= 11 is 0. The highest BCUT2D eigenvalue weighted by Gasteiger charge is 2.19. The lowest BCUT2D eigenvalue weighted by molar-refractivity contribution is -0.167. The maximum Gasteiger partial charge on any atom is 0.306 e. The Morgan fingerprint density at radius 1 is 0.282 bits per heavy atom. The van der Waals surface area contributed by atoms with Gasteiger partial charge in [-0.3, -0.25) is 14.4 Å². The number of rotatable bonds is 58. The van der Waals surface area contributed by atoms with E-state index in [4.69, 9.17) is 14.2 Å². The Morgan fingerprint density at radius 3 is 0.817 bits per heavy atom. The van der Waals surface area contributed by atoms with Crippen molar-refractivity contribution in [1.82, 2.24) is 0 Å². The molecule has 0 bridgehead atoms. The quantitative estimate of drug-likeness (QED) is 0.0261. The number of allylic oxidation sites excluding steroid dienone is 6. The van der Waals surface area contributed by atoms with Gasteiger partial charge >= 0.3 is 17.9 Å². The molecule has 0 radical (unpaired) electrons. The van der Waals surface area contributed by atoms with Crippen molar-refractivity contribution in [3.05, 3.63) is 36.5 Å². The monoisotopic (exact) mass is 997 g/mol. The molecule has 0 spiro atoms. The van der Waals surface area contributed by atoms with E-state index < -0.39 is 6.10 Å². The summed E-state index contributed by atoms with van der Waals surface area (Å²) in [5, 5.41) is 0. The van der Waals surface area contributed by atoms with Gasteiger partial charge in [0.05, 0.1) is 0 Å². The van der Waals surface area contributed by atoms with Crippen LogP contribution in [0.4, 0.5) is 0 Å². The Hall–Kier alpha value is -2.37. The fourth-order valence-corrected chi connectivity index (χ4v) is 9.35. The van der Waals surface area contributed by atoms with Gasteiger partial charge in [0, 0.05) is 19.3 Å². The van der Waals surface area contributed by atoms with Crippen LogP contribution in [0.2, 0.25) is 0 Å². The molecule has 0 aromatic heterocycles. The molecule has 0 N–H and O–H groups in total. The normalized spacial score (nSPS) is 12.2. The average molecular weight is 998 g/mol. The SMILES string of the molecule is CCCCC/C=C\C/C=C\CCCCCCCCCCCC(=O)OC[C@H](COC(=O)CCCCCCCCCCCCCCCCCCC)OC(=O)CCCCCCCCC/C=C\CCCCCCCC. The second-order valence-corrected chi connectivity index (χ2v) is 21.3. The number of carbonyl (C=O) groups excluding carboxylic acids is 3. The third-order valence-electron chi connectivity index (χ3n) is 14.1. The fraction of sp³-hybridized carbons (Fsp3) is 0.862. The van der Waals surface area contributed by atoms with Crippen LogP contribution in [0.25, 0.3) is 0 Å². The predicted molar refractivity (Wildman–Crippen MR) is 307 cm³/mol. The molecule has 416 valence electrons. The van der Waals surface area contributed by atoms with E-state index >= 15 is 0 Å². The Bertz CT molecular complexity index is 1190. The summed E-state index contributed by atoms with van der Waals surface area (Å²) in [6.45, 7) is 6.66. The maximum absolute atomic E-state index is 12.9. The largest absolute Gasteiger partial charge is 0.462 e. The second-order valence-electron chi connectivity index (χ2n) is 21.3. The van der Waals surface area contributed by atoms with E-state index in [1.165, 1.54) is 238 Å². The van der Waals surface area contributed by atoms with Gasteiger partial charge in [-0.25, -0.2) is 0 Å². The molecule has 0 unspecified atom stereocenters. The topological polar surface area (TPSA) is 78.9 Å². The van der Waals surface area contributed by atoms with E-state index in [1.54, 1.807) is 0 Å². The van der Waals surface area contributed by atoms with Crippen LogP contribution in [0, 0.1) is 0 Å². The first-order valence-corrected chi connectivity index (χ1v) is 31.5. The van der Waals surface area contributed by atoms with Crippen molar-refractivity contribution in [2.45, 2.75) is 348 Å². The van der Waals surface area contributed by atoms with Gasteiger partial charge in [0.2, 0.25) is 0 Å². The van der Waals surface area contributed by atoms with Gasteiger partial charge in [0.1, 0.15) is 13.2 Å². The Balaban J connectivity index is 4.34. The van der Waals surface area contributed by atoms with Crippen molar-refractivity contribution in [2.24, 2.45) is 0 Å². The third kappa shape index (κ3) is 58.4. The molecule has 1 atom stereocenters. The lowest BCUT2D eigenvalue weighted by Gasteiger charge is -2.18. The zero-order valence-electron chi connectivity index (χ0n) is 47.8. The number of unbranched alkanes of at least 4 members (excludes halogenated alkanes) is 41. The van der Waals surface area contributed by atoms with Gasteiger partial charge in [-0.15, -0.1) is 0 Å². The van der Waals surface area contributed by atoms with E-state index in [1.807, 2.05) is 0 Å². The highest BCUT2D eigenvalue weighted by atomic mass is 16.6. The van der Waals surface area contributed by atoms with E-state index in [2.05, 4.69) is 57.2 Å². The van der Waals surface area contributed by atoms with Crippen molar-refractivity contribution in [2.75, 3.05) is 13.2 Å². The van der Waals surface area contributed by atoms with Crippen LogP contribution in [-0.2, 0) is 28.6 Å². The third-order valence-corrected chi connectivity index (χ3v) is 14.1. The van der Waals surface area contributed by atoms with E-state index in [-0.39, 0.29) is 31.1 Å². The smallest absolute Gasteiger partial charge is 0.306 e. The standard InChI is InChI=1S/C65H120O6/c1-4-7-10-13-16-19-22-25-28-31-32-35-37-40-43-46-49-52-55-58-64(67)70-61-62(71-65(68)59-56-53-50-47-44-41-38-34-30-27-24-21-18-15-12-9-6-3)60-69-63(66)57-54-51-48-45-42-39-36-33-29-26-23-20-17-14-11-8-5-2/h16,19,25,27-28,30,62H,4-15,17-18,20-24,26,29,31-61H2,1-3H3/b19-16-,28-25-,30-27-/t62-/m0/s1. The van der Waals surface area contributed by atoms with Gasteiger partial charge < -0.3 is 14.2 Å². The van der Waals surface area contributed by atoms with Crippen molar-refractivity contribution in [3.8, 4) is 0 Å². The van der Waals surface area contributed by atoms with Crippen LogP contribution < -0.4 is 0 Å². The van der Waals surface area contributed by atoms with E-state index in [9.17, 15) is 14.4 Å². The number of carbonyl (C=O) groups is 3. The minimum absolute atomic E-state index is 0.0708. The molecule has 0 aliphatic heterocycles. The van der Waals surface area contributed by atoms with Crippen LogP contribution in [0.3, 0.4) is 0 Å². The molecule has 0 heterocycles. The van der Waals surface area contributed by atoms with Gasteiger partial charge in [0.15, 0.2) is 6.10 Å². The van der Waals surface area contributed by atoms with Crippen molar-refractivity contribution < 1.29 is 28.6 Å². The highest BCUT2D eigenvalue weighted by Crippen LogP contribution is 2.17. The first-order valence-electron chi connectivity index (χ1n) is 31.5.